The third-order valence-corrected chi connectivity index (χ3v) is 4.57. The van der Waals surface area contributed by atoms with Gasteiger partial charge < -0.3 is 4.57 Å². The van der Waals surface area contributed by atoms with Crippen LogP contribution >= 0.6 is 0 Å². The number of hydrogen-bond acceptors (Lipinski definition) is 4. The van der Waals surface area contributed by atoms with Crippen LogP contribution in [0.1, 0.15) is 34.6 Å². The van der Waals surface area contributed by atoms with E-state index in [1.54, 1.807) is 13.4 Å². The zero-order chi connectivity index (χ0) is 18.2. The first-order valence-corrected chi connectivity index (χ1v) is 8.51. The second-order valence-electron chi connectivity index (χ2n) is 7.26. The zero-order valence-corrected chi connectivity index (χ0v) is 15.8. The molecular weight excluding hydrogens is 306 g/mol. The lowest BCUT2D eigenvalue weighted by Crippen LogP contribution is -2.41. The van der Waals surface area contributed by atoms with Gasteiger partial charge >= 0.3 is 5.69 Å². The molecule has 2 aromatic heterocycles. The van der Waals surface area contributed by atoms with Crippen molar-refractivity contribution >= 4 is 11.2 Å². The average molecular weight is 335 g/mol. The Kier molecular flexibility index (Phi) is 5.32. The molecule has 0 amide bonds. The topological polar surface area (TPSA) is 65.1 Å². The number of imidazole rings is 1. The van der Waals surface area contributed by atoms with Crippen LogP contribution in [0.15, 0.2) is 15.9 Å². The molecule has 0 saturated carbocycles. The highest BCUT2D eigenvalue weighted by Crippen LogP contribution is 2.13. The predicted octanol–water partition coefficient (Wildman–Crippen LogP) is 1.19. The maximum Gasteiger partial charge on any atom is 0.332 e. The van der Waals surface area contributed by atoms with Crippen LogP contribution in [0.3, 0.4) is 0 Å². The van der Waals surface area contributed by atoms with Gasteiger partial charge in [-0.05, 0) is 33.6 Å². The number of aryl methyl sites for hydroxylation is 1. The largest absolute Gasteiger partial charge is 0.332 e. The standard InChI is InChI=1S/C17H29N5O2/c1-11(2)22(12(3)4)9-13(5)8-21-10-18-15-14(21)16(23)20(7)17(24)19(15)6/h10-13H,8-9H2,1-7H3. The zero-order valence-electron chi connectivity index (χ0n) is 15.8. The molecule has 134 valence electrons. The lowest BCUT2D eigenvalue weighted by atomic mass is 10.1. The Bertz CT molecular complexity index is 820. The molecule has 1 atom stereocenters. The predicted molar refractivity (Wildman–Crippen MR) is 96.4 cm³/mol. The van der Waals surface area contributed by atoms with Gasteiger partial charge in [0.15, 0.2) is 11.2 Å². The van der Waals surface area contributed by atoms with Crippen LogP contribution in [-0.2, 0) is 20.6 Å². The van der Waals surface area contributed by atoms with Crippen LogP contribution in [0.25, 0.3) is 11.2 Å². The number of rotatable bonds is 6. The summed E-state index contributed by atoms with van der Waals surface area (Å²) in [6.45, 7) is 12.6. The van der Waals surface area contributed by atoms with E-state index >= 15 is 0 Å². The van der Waals surface area contributed by atoms with Crippen molar-refractivity contribution in [2.24, 2.45) is 20.0 Å². The molecule has 24 heavy (non-hydrogen) atoms. The van der Waals surface area contributed by atoms with Crippen molar-refractivity contribution in [2.75, 3.05) is 6.54 Å². The molecule has 0 saturated heterocycles. The van der Waals surface area contributed by atoms with E-state index in [9.17, 15) is 9.59 Å². The summed E-state index contributed by atoms with van der Waals surface area (Å²) < 4.78 is 4.44. The molecule has 0 N–H and O–H groups in total. The van der Waals surface area contributed by atoms with E-state index < -0.39 is 0 Å². The summed E-state index contributed by atoms with van der Waals surface area (Å²) in [6.07, 6.45) is 1.66. The molecular formula is C17H29N5O2. The van der Waals surface area contributed by atoms with Crippen molar-refractivity contribution in [1.82, 2.24) is 23.6 Å². The highest BCUT2D eigenvalue weighted by Gasteiger charge is 2.19. The Morgan fingerprint density at radius 3 is 2.17 bits per heavy atom. The minimum atomic E-state index is -0.350. The second-order valence-corrected chi connectivity index (χ2v) is 7.26. The van der Waals surface area contributed by atoms with Crippen LogP contribution in [0.5, 0.6) is 0 Å². The third kappa shape index (κ3) is 3.31. The minimum Gasteiger partial charge on any atom is -0.324 e. The summed E-state index contributed by atoms with van der Waals surface area (Å²) in [5, 5.41) is 0. The lowest BCUT2D eigenvalue weighted by molar-refractivity contribution is 0.145. The number of hydrogen-bond donors (Lipinski definition) is 0. The van der Waals surface area contributed by atoms with E-state index in [-0.39, 0.29) is 11.2 Å². The van der Waals surface area contributed by atoms with Crippen molar-refractivity contribution in [3.63, 3.8) is 0 Å². The SMILES string of the molecule is CC(CN(C(C)C)C(C)C)Cn1cnc2c1c(=O)n(C)c(=O)n2C. The van der Waals surface area contributed by atoms with Gasteiger partial charge in [-0.15, -0.1) is 0 Å². The first kappa shape index (κ1) is 18.4. The molecule has 0 aliphatic heterocycles. The molecule has 2 aromatic rings. The normalized spacial score (nSPS) is 13.6. The Morgan fingerprint density at radius 1 is 1.04 bits per heavy atom. The quantitative estimate of drug-likeness (QED) is 0.795. The van der Waals surface area contributed by atoms with E-state index in [1.165, 1.54) is 11.6 Å². The van der Waals surface area contributed by atoms with Gasteiger partial charge in [-0.1, -0.05) is 6.92 Å². The molecule has 0 aliphatic carbocycles. The van der Waals surface area contributed by atoms with E-state index in [2.05, 4.69) is 44.5 Å². The maximum atomic E-state index is 12.5. The van der Waals surface area contributed by atoms with Crippen molar-refractivity contribution in [3.8, 4) is 0 Å². The number of nitrogens with zero attached hydrogens (tertiary/aromatic N) is 5. The first-order valence-electron chi connectivity index (χ1n) is 8.51. The fourth-order valence-corrected chi connectivity index (χ4v) is 3.31. The van der Waals surface area contributed by atoms with Crippen molar-refractivity contribution in [1.29, 1.82) is 0 Å². The van der Waals surface area contributed by atoms with E-state index in [4.69, 9.17) is 0 Å². The van der Waals surface area contributed by atoms with Gasteiger partial charge in [0, 0.05) is 39.3 Å². The monoisotopic (exact) mass is 335 g/mol. The van der Waals surface area contributed by atoms with Gasteiger partial charge in [0.25, 0.3) is 5.56 Å². The van der Waals surface area contributed by atoms with Crippen molar-refractivity contribution < 1.29 is 0 Å². The van der Waals surface area contributed by atoms with Crippen LogP contribution < -0.4 is 11.2 Å². The minimum absolute atomic E-state index is 0.289. The van der Waals surface area contributed by atoms with Gasteiger partial charge in [0.1, 0.15) is 0 Å². The maximum absolute atomic E-state index is 12.5. The summed E-state index contributed by atoms with van der Waals surface area (Å²) in [4.78, 5) is 31.2. The first-order chi connectivity index (χ1) is 11.1. The average Bonchev–Trinajstić information content (AvgIpc) is 2.91. The lowest BCUT2D eigenvalue weighted by Gasteiger charge is -2.33. The van der Waals surface area contributed by atoms with Crippen LogP contribution in [0.2, 0.25) is 0 Å². The summed E-state index contributed by atoms with van der Waals surface area (Å²) in [5.41, 5.74) is 0.297. The van der Waals surface area contributed by atoms with Crippen molar-refractivity contribution in [2.45, 2.75) is 53.2 Å². The fourth-order valence-electron chi connectivity index (χ4n) is 3.31. The van der Waals surface area contributed by atoms with Gasteiger partial charge in [0.05, 0.1) is 6.33 Å². The van der Waals surface area contributed by atoms with Gasteiger partial charge in [-0.3, -0.25) is 18.8 Å². The third-order valence-electron chi connectivity index (χ3n) is 4.57. The summed E-state index contributed by atoms with van der Waals surface area (Å²) in [7, 11) is 3.15. The highest BCUT2D eigenvalue weighted by atomic mass is 16.2. The fraction of sp³-hybridized carbons (Fsp3) is 0.706. The Balaban J connectivity index is 2.34. The molecule has 2 heterocycles. The molecule has 7 nitrogen and oxygen atoms in total. The molecule has 2 rings (SSSR count). The summed E-state index contributed by atoms with van der Waals surface area (Å²) in [6, 6.07) is 0.946. The van der Waals surface area contributed by atoms with Crippen LogP contribution in [-0.4, -0.2) is 42.2 Å². The molecule has 7 heteroatoms. The van der Waals surface area contributed by atoms with E-state index in [0.29, 0.717) is 35.7 Å². The molecule has 0 aliphatic rings. The van der Waals surface area contributed by atoms with Crippen molar-refractivity contribution in [3.05, 3.63) is 27.2 Å². The second kappa shape index (κ2) is 6.93. The number of aromatic nitrogens is 4. The Hall–Kier alpha value is -1.89. The summed E-state index contributed by atoms with van der Waals surface area (Å²) in [5.74, 6) is 0.356. The van der Waals surface area contributed by atoms with Gasteiger partial charge in [-0.25, -0.2) is 9.78 Å². The van der Waals surface area contributed by atoms with E-state index in [1.807, 2.05) is 4.57 Å². The molecule has 0 aromatic carbocycles. The van der Waals surface area contributed by atoms with Crippen LogP contribution in [0.4, 0.5) is 0 Å². The molecule has 0 spiro atoms. The molecule has 0 radical (unpaired) electrons. The highest BCUT2D eigenvalue weighted by molar-refractivity contribution is 5.69. The smallest absolute Gasteiger partial charge is 0.324 e. The molecule has 0 fully saturated rings. The van der Waals surface area contributed by atoms with Gasteiger partial charge in [-0.2, -0.15) is 0 Å². The molecule has 0 bridgehead atoms. The summed E-state index contributed by atoms with van der Waals surface area (Å²) >= 11 is 0. The van der Waals surface area contributed by atoms with Crippen LogP contribution in [0, 0.1) is 5.92 Å². The Labute approximate surface area is 142 Å². The van der Waals surface area contributed by atoms with E-state index in [0.717, 1.165) is 11.1 Å². The molecule has 1 unspecified atom stereocenters. The Morgan fingerprint density at radius 2 is 1.62 bits per heavy atom. The number of fused-ring (bicyclic) bond motifs is 1. The van der Waals surface area contributed by atoms with Gasteiger partial charge in [0.2, 0.25) is 0 Å².